The fourth-order valence-electron chi connectivity index (χ4n) is 6.69. The Morgan fingerprint density at radius 2 is 1.67 bits per heavy atom. The van der Waals surface area contributed by atoms with Crippen molar-refractivity contribution in [2.24, 2.45) is 0 Å². The van der Waals surface area contributed by atoms with Gasteiger partial charge in [-0.25, -0.2) is 0 Å². The van der Waals surface area contributed by atoms with E-state index < -0.39 is 5.79 Å². The molecule has 0 spiro atoms. The number of rotatable bonds is 3. The third-order valence-corrected chi connectivity index (χ3v) is 8.43. The third-order valence-electron chi connectivity index (χ3n) is 8.43. The molecule has 36 heavy (non-hydrogen) atoms. The molecule has 7 heteroatoms. The third kappa shape index (κ3) is 4.12. The van der Waals surface area contributed by atoms with E-state index in [2.05, 4.69) is 47.1 Å². The molecule has 7 nitrogen and oxygen atoms in total. The van der Waals surface area contributed by atoms with Gasteiger partial charge in [-0.15, -0.1) is 0 Å². The summed E-state index contributed by atoms with van der Waals surface area (Å²) in [6.45, 7) is 10.6. The van der Waals surface area contributed by atoms with E-state index in [1.807, 2.05) is 24.8 Å². The summed E-state index contributed by atoms with van der Waals surface area (Å²) in [6, 6.07) is 12.7. The summed E-state index contributed by atoms with van der Waals surface area (Å²) in [4.78, 5) is 20.6. The van der Waals surface area contributed by atoms with Crippen LogP contribution in [0.25, 0.3) is 0 Å². The molecule has 1 aliphatic carbocycles. The Labute approximate surface area is 214 Å². The van der Waals surface area contributed by atoms with E-state index in [4.69, 9.17) is 15.2 Å². The largest absolute Gasteiger partial charge is 0.397 e. The summed E-state index contributed by atoms with van der Waals surface area (Å²) in [5.41, 5.74) is 12.8. The molecule has 1 amide bonds. The Balaban J connectivity index is 1.18. The van der Waals surface area contributed by atoms with Gasteiger partial charge in [0.05, 0.1) is 23.5 Å². The number of ether oxygens (including phenoxy) is 2. The maximum absolute atomic E-state index is 13.7. The van der Waals surface area contributed by atoms with E-state index in [9.17, 15) is 4.79 Å². The maximum atomic E-state index is 13.7. The zero-order chi connectivity index (χ0) is 25.0. The Hall–Kier alpha value is -2.77. The van der Waals surface area contributed by atoms with Gasteiger partial charge < -0.3 is 29.9 Å². The van der Waals surface area contributed by atoms with E-state index in [1.54, 1.807) is 0 Å². The molecule has 2 aromatic carbocycles. The summed E-state index contributed by atoms with van der Waals surface area (Å²) in [6.07, 6.45) is 3.86. The minimum absolute atomic E-state index is 0.0552. The molecule has 0 aromatic heterocycles. The van der Waals surface area contributed by atoms with Crippen LogP contribution in [0.2, 0.25) is 0 Å². The molecule has 3 fully saturated rings. The van der Waals surface area contributed by atoms with Gasteiger partial charge in [0.15, 0.2) is 5.79 Å². The molecule has 3 unspecified atom stereocenters. The number of piperazine rings is 1. The van der Waals surface area contributed by atoms with Gasteiger partial charge >= 0.3 is 0 Å². The Kier molecular flexibility index (Phi) is 5.88. The summed E-state index contributed by atoms with van der Waals surface area (Å²) in [7, 11) is 0. The van der Waals surface area contributed by atoms with E-state index in [-0.39, 0.29) is 24.2 Å². The van der Waals surface area contributed by atoms with E-state index in [0.29, 0.717) is 12.2 Å². The smallest absolute Gasteiger partial charge is 0.254 e. The van der Waals surface area contributed by atoms with Crippen molar-refractivity contribution >= 4 is 23.0 Å². The molecule has 3 heterocycles. The van der Waals surface area contributed by atoms with Crippen LogP contribution in [0.1, 0.15) is 54.6 Å². The fourth-order valence-corrected chi connectivity index (χ4v) is 6.69. The number of carbonyl (C=O) groups excluding carboxylic acids is 1. The number of amides is 1. The van der Waals surface area contributed by atoms with Crippen LogP contribution in [-0.2, 0) is 15.9 Å². The van der Waals surface area contributed by atoms with Crippen molar-refractivity contribution in [1.82, 2.24) is 4.90 Å². The zero-order valence-corrected chi connectivity index (χ0v) is 21.7. The second kappa shape index (κ2) is 8.96. The minimum atomic E-state index is -0.586. The van der Waals surface area contributed by atoms with Crippen LogP contribution >= 0.6 is 0 Å². The highest BCUT2D eigenvalue weighted by atomic mass is 16.8. The van der Waals surface area contributed by atoms with Crippen molar-refractivity contribution in [3.8, 4) is 0 Å². The molecule has 1 saturated carbocycles. The molecule has 3 aliphatic heterocycles. The Morgan fingerprint density at radius 1 is 0.944 bits per heavy atom. The van der Waals surface area contributed by atoms with Gasteiger partial charge in [0.25, 0.3) is 5.91 Å². The minimum Gasteiger partial charge on any atom is -0.397 e. The number of aryl methyl sites for hydroxylation is 1. The second-order valence-electron chi connectivity index (χ2n) is 11.2. The van der Waals surface area contributed by atoms with E-state index >= 15 is 0 Å². The van der Waals surface area contributed by atoms with Crippen LogP contribution in [0.15, 0.2) is 36.4 Å². The molecule has 2 N–H and O–H groups in total. The van der Waals surface area contributed by atoms with E-state index in [1.165, 1.54) is 11.3 Å². The van der Waals surface area contributed by atoms with Crippen molar-refractivity contribution in [2.75, 3.05) is 48.3 Å². The molecule has 4 aliphatic rings. The molecule has 192 valence electrons. The van der Waals surface area contributed by atoms with Gasteiger partial charge in [-0.2, -0.15) is 0 Å². The molecular weight excluding hydrogens is 452 g/mol. The summed E-state index contributed by atoms with van der Waals surface area (Å²) >= 11 is 0. The Bertz CT molecular complexity index is 1160. The highest BCUT2D eigenvalue weighted by molar-refractivity contribution is 5.99. The molecular formula is C29H38N4O3. The lowest BCUT2D eigenvalue weighted by molar-refractivity contribution is -0.149. The Morgan fingerprint density at radius 3 is 2.42 bits per heavy atom. The molecule has 2 aromatic rings. The van der Waals surface area contributed by atoms with Gasteiger partial charge in [-0.3, -0.25) is 4.79 Å². The van der Waals surface area contributed by atoms with Crippen molar-refractivity contribution in [3.63, 3.8) is 0 Å². The predicted molar refractivity (Wildman–Crippen MR) is 143 cm³/mol. The second-order valence-corrected chi connectivity index (χ2v) is 11.2. The normalized spacial score (nSPS) is 27.7. The summed E-state index contributed by atoms with van der Waals surface area (Å²) in [5, 5.41) is 0. The van der Waals surface area contributed by atoms with Gasteiger partial charge in [0.1, 0.15) is 6.10 Å². The topological polar surface area (TPSA) is 71.3 Å². The van der Waals surface area contributed by atoms with Crippen molar-refractivity contribution in [3.05, 3.63) is 53.1 Å². The quantitative estimate of drug-likeness (QED) is 0.657. The molecule has 2 saturated heterocycles. The number of nitrogens with two attached hydrogens (primary N) is 1. The zero-order valence-electron chi connectivity index (χ0n) is 21.7. The SMILES string of the molecule is Cc1ccccc1N1CCN(c2cc3c(cc2N)C(=O)N(C2CCCC4OC(C)(C)OC42)CC3)CC1. The number of hydrogen-bond acceptors (Lipinski definition) is 6. The highest BCUT2D eigenvalue weighted by Crippen LogP contribution is 2.40. The van der Waals surface area contributed by atoms with Crippen LogP contribution in [0.4, 0.5) is 17.1 Å². The van der Waals surface area contributed by atoms with Crippen LogP contribution < -0.4 is 15.5 Å². The van der Waals surface area contributed by atoms with Crippen LogP contribution in [0, 0.1) is 6.92 Å². The van der Waals surface area contributed by atoms with Crippen molar-refractivity contribution < 1.29 is 14.3 Å². The van der Waals surface area contributed by atoms with Crippen LogP contribution in [0.5, 0.6) is 0 Å². The van der Waals surface area contributed by atoms with Gasteiger partial charge in [0, 0.05) is 44.0 Å². The first-order chi connectivity index (χ1) is 17.3. The average Bonchev–Trinajstić information content (AvgIpc) is 3.19. The fraction of sp³-hybridized carbons (Fsp3) is 0.552. The lowest BCUT2D eigenvalue weighted by Gasteiger charge is -2.42. The van der Waals surface area contributed by atoms with Gasteiger partial charge in [-0.1, -0.05) is 18.2 Å². The van der Waals surface area contributed by atoms with E-state index in [0.717, 1.165) is 68.7 Å². The van der Waals surface area contributed by atoms with Crippen LogP contribution in [-0.4, -0.2) is 67.6 Å². The lowest BCUT2D eigenvalue weighted by Crippen LogP contribution is -2.54. The summed E-state index contributed by atoms with van der Waals surface area (Å²) in [5.74, 6) is -0.505. The molecule has 6 rings (SSSR count). The average molecular weight is 491 g/mol. The monoisotopic (exact) mass is 490 g/mol. The predicted octanol–water partition coefficient (Wildman–Crippen LogP) is 3.97. The lowest BCUT2D eigenvalue weighted by atomic mass is 9.86. The number of para-hydroxylation sites is 1. The van der Waals surface area contributed by atoms with Crippen LogP contribution in [0.3, 0.4) is 0 Å². The number of carbonyl (C=O) groups is 1. The molecule has 0 radical (unpaired) electrons. The number of anilines is 3. The number of nitrogen functional groups attached to an aromatic ring is 1. The van der Waals surface area contributed by atoms with Crippen molar-refractivity contribution in [1.29, 1.82) is 0 Å². The first-order valence-electron chi connectivity index (χ1n) is 13.5. The number of nitrogens with zero attached hydrogens (tertiary/aromatic N) is 3. The number of benzene rings is 2. The van der Waals surface area contributed by atoms with Gasteiger partial charge in [0.2, 0.25) is 0 Å². The summed E-state index contributed by atoms with van der Waals surface area (Å²) < 4.78 is 12.4. The number of hydrogen-bond donors (Lipinski definition) is 1. The standard InChI is InChI=1S/C29H38N4O3/c1-19-7-4-5-8-23(19)31-13-15-32(16-14-31)25-17-20-11-12-33(28(34)21(20)18-22(25)30)24-9-6-10-26-27(24)36-29(2,3)35-26/h4-5,7-8,17-18,24,26-27H,6,9-16,30H2,1-3H3. The first-order valence-corrected chi connectivity index (χ1v) is 13.5. The molecule has 0 bridgehead atoms. The first kappa shape index (κ1) is 23.6. The van der Waals surface area contributed by atoms with Crippen molar-refractivity contribution in [2.45, 2.75) is 70.5 Å². The number of fused-ring (bicyclic) bond motifs is 2. The highest BCUT2D eigenvalue weighted by Gasteiger charge is 2.50. The van der Waals surface area contributed by atoms with Gasteiger partial charge in [-0.05, 0) is 75.8 Å². The molecule has 3 atom stereocenters. The maximum Gasteiger partial charge on any atom is 0.254 e.